The van der Waals surface area contributed by atoms with E-state index in [0.29, 0.717) is 55.7 Å². The standard InChI is InChI=1S/C94H127N23O26S2.In.2H/c1-10-69(88(131)97-24-22-95-76(119)14-12-38-142-63-40-56(3)84(57(4)41-63)144(138,139)110-72(91(134)135)48-103-86(129)67-51-112(8)74-44-61(16-18-65(74)82(67)127)46-105-93-99-26-27-100-93)107-78(121)21-20-71(108-79(122)53-115-32-36-116(54-80(123)124)34-30-114(50-60(7)118)31-35-117(37-33-115)55-81(125)126)90(133)109-70(11-2)89(132)98-25-23-96-77(120)15-13-39-143-64-42-58(5)85(59(6)43-64)145(140,141)111-73(92(136)137)49-104-87(130)68-52-113(9)75-45-62(17-19-66(75)83(68)128)47-106-94-101-28-29-102-94;;;/h16-19,26-29,40-45,51-52,69-73,110-111,118H,7,10-15,20-25,30-39,46-50,53-55H2,1-6,8-9H3,(H,95,119)(H,96,120)(H,97,131)(H,98,132)(H,103,129)(H,104,130)(H,107,121)(H,108,122)(H,109,133)(H,123,124)(H,125,126)(H,134,135)(H,136,137)(H2,99,100,105)(H2,101,102,106);;;/q;+1;;/p-1/t69?,70?,71?,72-,73-;;;/m0.../s1. The van der Waals surface area contributed by atoms with Gasteiger partial charge in [-0.05, 0) is 135 Å². The Labute approximate surface area is 856 Å². The van der Waals surface area contributed by atoms with Crippen molar-refractivity contribution in [3.8, 4) is 11.5 Å². The number of aliphatic hydroxyl groups excluding tert-OH is 1. The normalized spacial score (nSPS) is 14.1. The van der Waals surface area contributed by atoms with Crippen LogP contribution in [0.1, 0.15) is 119 Å². The van der Waals surface area contributed by atoms with E-state index in [1.807, 2.05) is 9.80 Å². The van der Waals surface area contributed by atoms with Crippen LogP contribution in [0.4, 0.5) is 11.9 Å². The van der Waals surface area contributed by atoms with Gasteiger partial charge in [-0.2, -0.15) is 9.44 Å². The Hall–Kier alpha value is -13.9. The number of ether oxygens (including phenoxy) is 2. The number of nitrogens with one attached hydrogen (secondary N) is 15. The number of imidazole rings is 2. The first-order chi connectivity index (χ1) is 69.4. The van der Waals surface area contributed by atoms with Crippen LogP contribution in [0.3, 0.4) is 0 Å². The summed E-state index contributed by atoms with van der Waals surface area (Å²) in [5, 5.41) is 70.4. The number of nitrogens with zero attached hydrogens (tertiary/aromatic N) is 8. The Morgan fingerprint density at radius 2 is 0.863 bits per heavy atom. The van der Waals surface area contributed by atoms with Crippen LogP contribution in [-0.2, 0) is 103 Å². The molecule has 3 unspecified atom stereocenters. The molecule has 0 saturated carbocycles. The summed E-state index contributed by atoms with van der Waals surface area (Å²) in [6.45, 7) is 12.5. The summed E-state index contributed by atoms with van der Waals surface area (Å²) in [5.74, 6) is -9.79. The van der Waals surface area contributed by atoms with Crippen molar-refractivity contribution in [1.29, 1.82) is 0 Å². The average Bonchev–Trinajstić information content (AvgIpc) is 0.888. The Bertz CT molecular complexity index is 6340. The Morgan fingerprint density at radius 1 is 0.473 bits per heavy atom. The fraction of sp³-hybridized carbons (Fsp3) is 0.457. The molecule has 19 N–H and O–H groups in total. The van der Waals surface area contributed by atoms with E-state index in [2.05, 4.69) is 94.4 Å². The number of aliphatic hydroxyl groups is 1. The molecule has 0 aliphatic carbocycles. The van der Waals surface area contributed by atoms with E-state index < -0.39 is 182 Å². The minimum atomic E-state index is -4.59. The number of carboxylic acids is 3. The second-order valence-corrected chi connectivity index (χ2v) is 39.4. The number of fused-ring (bicyclic) bond motifs is 2. The second-order valence-electron chi connectivity index (χ2n) is 35.0. The first-order valence-electron chi connectivity index (χ1n) is 47.2. The molecule has 52 heteroatoms. The van der Waals surface area contributed by atoms with E-state index >= 15 is 0 Å². The zero-order valence-corrected chi connectivity index (χ0v) is 90.1. The van der Waals surface area contributed by atoms with Gasteiger partial charge in [-0.1, -0.05) is 26.0 Å². The molecule has 1 aliphatic heterocycles. The van der Waals surface area contributed by atoms with E-state index in [0.717, 1.165) is 11.1 Å². The van der Waals surface area contributed by atoms with Crippen molar-refractivity contribution in [2.24, 2.45) is 14.1 Å². The molecule has 1 aliphatic rings. The zero-order chi connectivity index (χ0) is 107. The predicted molar refractivity (Wildman–Crippen MR) is 537 cm³/mol. The van der Waals surface area contributed by atoms with Crippen LogP contribution in [0, 0.1) is 27.7 Å². The molecule has 8 aromatic rings. The molecular formula is C94H128InN23O26S2. The molecule has 0 radical (unpaired) electrons. The number of amides is 9. The van der Waals surface area contributed by atoms with Crippen LogP contribution in [-0.4, -0.2) is 349 Å². The Kier molecular flexibility index (Phi) is 44.4. The maximum atomic E-state index is 14.5. The van der Waals surface area contributed by atoms with E-state index in [9.17, 15) is 109 Å². The topological polar surface area (TPSA) is 670 Å². The summed E-state index contributed by atoms with van der Waals surface area (Å²) >= 11 is -0.445. The molecule has 5 atom stereocenters. The number of aliphatic carboxylic acids is 3. The molecule has 9 rings (SSSR count). The number of rotatable bonds is 55. The maximum absolute atomic E-state index is 14.5. The van der Waals surface area contributed by atoms with Crippen LogP contribution in [0.2, 0.25) is 0 Å². The van der Waals surface area contributed by atoms with Crippen molar-refractivity contribution >= 4 is 156 Å². The van der Waals surface area contributed by atoms with E-state index in [4.69, 9.17) is 12.3 Å². The molecular weight excluding hydrogens is 2050 g/mol. The Morgan fingerprint density at radius 3 is 1.25 bits per heavy atom. The molecule has 0 bridgehead atoms. The van der Waals surface area contributed by atoms with Crippen LogP contribution in [0.15, 0.2) is 130 Å². The van der Waals surface area contributed by atoms with Gasteiger partial charge in [0.25, 0.3) is 11.8 Å². The van der Waals surface area contributed by atoms with Crippen molar-refractivity contribution < 1.29 is 112 Å². The molecule has 4 aromatic carbocycles. The molecule has 790 valence electrons. The summed E-state index contributed by atoms with van der Waals surface area (Å²) in [5.41, 5.74) is 1.44. The second kappa shape index (κ2) is 56.0. The number of benzene rings is 4. The number of hydrogen-bond donors (Lipinski definition) is 19. The van der Waals surface area contributed by atoms with E-state index in [1.165, 1.54) is 64.4 Å². The predicted octanol–water partition coefficient (Wildman–Crippen LogP) is -1.38. The van der Waals surface area contributed by atoms with E-state index in [1.54, 1.807) is 108 Å². The summed E-state index contributed by atoms with van der Waals surface area (Å²) < 4.78 is 79.8. The number of carbonyl (C=O) groups excluding carboxylic acids is 10. The summed E-state index contributed by atoms with van der Waals surface area (Å²) in [4.78, 5) is 221. The number of aromatic nitrogens is 6. The van der Waals surface area contributed by atoms with Gasteiger partial charge in [0, 0.05) is 134 Å². The molecule has 146 heavy (non-hydrogen) atoms. The van der Waals surface area contributed by atoms with Crippen molar-refractivity contribution in [3.63, 3.8) is 0 Å². The van der Waals surface area contributed by atoms with Gasteiger partial charge in [0.05, 0.1) is 34.0 Å². The van der Waals surface area contributed by atoms with Crippen LogP contribution in [0.25, 0.3) is 21.8 Å². The van der Waals surface area contributed by atoms with Gasteiger partial charge in [0.15, 0.2) is 11.9 Å². The Balaban J connectivity index is 0.732. The van der Waals surface area contributed by atoms with E-state index in [-0.39, 0.29) is 214 Å². The van der Waals surface area contributed by atoms with Gasteiger partial charge < -0.3 is 97.1 Å². The molecule has 49 nitrogen and oxygen atoms in total. The number of carbonyl (C=O) groups is 13. The number of aromatic amines is 2. The fourth-order valence-corrected chi connectivity index (χ4v) is 19.8. The van der Waals surface area contributed by atoms with Crippen LogP contribution in [0.5, 0.6) is 11.5 Å². The van der Waals surface area contributed by atoms with Gasteiger partial charge in [0.1, 0.15) is 46.8 Å². The molecule has 0 spiro atoms. The van der Waals surface area contributed by atoms with Crippen molar-refractivity contribution in [1.82, 2.24) is 106 Å². The van der Waals surface area contributed by atoms with Gasteiger partial charge in [-0.15, -0.1) is 0 Å². The average molecular weight is 2180 g/mol. The molecule has 1 fully saturated rings. The van der Waals surface area contributed by atoms with Crippen LogP contribution < -0.4 is 88.3 Å². The number of carboxylic acid groups (broad SMARTS) is 3. The number of H-pyrrole nitrogens is 2. The van der Waals surface area contributed by atoms with Gasteiger partial charge >= 0.3 is 206 Å². The third kappa shape index (κ3) is 35.5. The first kappa shape index (κ1) is 116. The molecule has 9 amide bonds. The molecule has 4 aromatic heterocycles. The van der Waals surface area contributed by atoms with Gasteiger partial charge in [-0.3, -0.25) is 62.3 Å². The monoisotopic (exact) mass is 2170 g/mol. The first-order valence-corrected chi connectivity index (χ1v) is 52.5. The summed E-state index contributed by atoms with van der Waals surface area (Å²) in [6, 6.07) is 8.08. The fourth-order valence-electron chi connectivity index (χ4n) is 16.1. The number of anilines is 2. The van der Waals surface area contributed by atoms with Crippen molar-refractivity contribution in [3.05, 3.63) is 175 Å². The minimum absolute atomic E-state index is 0.00786. The number of hydrogen-bond acceptors (Lipinski definition) is 31. The quantitative estimate of drug-likeness (QED) is 0.0154. The SMILES string of the molecule is C=C(O)CN1CCN(CC(=O)O)CCN(CC(=O)NC(CCC(=O)NC(CC)C(=O)NCCNC(=O)CCCOc2cc(C)c(S(=O)(=O)N[C@@H](CNC(=O)c3cn(C)c4cc(CNc5ncc[nH]5)ccc4c3=O)C(=O)O)c(C)c2)C(=O)NC(CC)C(=O)NCCNC(=O)CCCOc2cc(C)c(S(=O)(=O)N[C@@H](CNC(=O)c3cn(C)c4cc(CNc5ncc[nH]5)ccc4c3=O)C(=O)O)c(C)c2)CCN(CC(=O)[O][InH2])CC1. The van der Waals surface area contributed by atoms with Gasteiger partial charge in [0.2, 0.25) is 60.4 Å². The van der Waals surface area contributed by atoms with Crippen molar-refractivity contribution in [2.75, 3.05) is 142 Å². The number of aryl methyl sites for hydroxylation is 6. The third-order valence-corrected chi connectivity index (χ3v) is 28.5. The molecule has 1 saturated heterocycles. The van der Waals surface area contributed by atoms with Crippen LogP contribution >= 0.6 is 0 Å². The van der Waals surface area contributed by atoms with Gasteiger partial charge in [-0.25, -0.2) is 26.8 Å². The summed E-state index contributed by atoms with van der Waals surface area (Å²) in [7, 11) is -5.92. The number of sulfonamides is 2. The zero-order valence-electron chi connectivity index (χ0n) is 82.7. The van der Waals surface area contributed by atoms with Crippen molar-refractivity contribution in [2.45, 2.75) is 146 Å². The molecule has 5 heterocycles. The number of pyridine rings is 2. The third-order valence-electron chi connectivity index (χ3n) is 23.6. The summed E-state index contributed by atoms with van der Waals surface area (Å²) in [6.07, 6.45) is 8.55.